The minimum absolute atomic E-state index is 0.0827. The highest BCUT2D eigenvalue weighted by molar-refractivity contribution is 7.22. The van der Waals surface area contributed by atoms with Gasteiger partial charge in [0, 0.05) is 19.0 Å². The lowest BCUT2D eigenvalue weighted by Crippen LogP contribution is -2.35. The lowest BCUT2D eigenvalue weighted by molar-refractivity contribution is -0.118. The molecule has 0 aliphatic heterocycles. The fourth-order valence-corrected chi connectivity index (χ4v) is 4.94. The van der Waals surface area contributed by atoms with Gasteiger partial charge in [-0.25, -0.2) is 9.67 Å². The topological polar surface area (TPSA) is 68.1 Å². The van der Waals surface area contributed by atoms with Gasteiger partial charge in [0.25, 0.3) is 5.56 Å². The average Bonchev–Trinajstić information content (AvgIpc) is 3.27. The molecule has 1 amide bonds. The number of aromatic nitrogens is 3. The summed E-state index contributed by atoms with van der Waals surface area (Å²) in [6.45, 7) is 0.506. The number of hydrogen-bond acceptors (Lipinski definition) is 5. The van der Waals surface area contributed by atoms with Crippen LogP contribution in [0, 0.1) is 0 Å². The Bertz CT molecular complexity index is 1470. The molecular formula is C26H22N4O2S. The van der Waals surface area contributed by atoms with Crippen molar-refractivity contribution >= 4 is 43.4 Å². The van der Waals surface area contributed by atoms with Crippen molar-refractivity contribution < 1.29 is 4.79 Å². The van der Waals surface area contributed by atoms with E-state index in [4.69, 9.17) is 4.98 Å². The van der Waals surface area contributed by atoms with Crippen molar-refractivity contribution in [1.82, 2.24) is 14.8 Å². The van der Waals surface area contributed by atoms with Crippen molar-refractivity contribution in [2.45, 2.75) is 12.8 Å². The summed E-state index contributed by atoms with van der Waals surface area (Å²) < 4.78 is 2.34. The number of anilines is 1. The molecule has 0 fully saturated rings. The van der Waals surface area contributed by atoms with Crippen LogP contribution in [0.1, 0.15) is 11.3 Å². The van der Waals surface area contributed by atoms with Crippen LogP contribution in [0.2, 0.25) is 0 Å². The smallest absolute Gasteiger partial charge is 0.274 e. The third-order valence-corrected chi connectivity index (χ3v) is 6.69. The van der Waals surface area contributed by atoms with Gasteiger partial charge in [-0.1, -0.05) is 72.0 Å². The van der Waals surface area contributed by atoms with Crippen LogP contribution in [0.5, 0.6) is 0 Å². The van der Waals surface area contributed by atoms with Crippen LogP contribution in [-0.4, -0.2) is 27.2 Å². The Hall–Kier alpha value is -3.84. The number of hydrogen-bond donors (Lipinski definition) is 0. The van der Waals surface area contributed by atoms with Gasteiger partial charge >= 0.3 is 0 Å². The van der Waals surface area contributed by atoms with Crippen LogP contribution < -0.4 is 10.5 Å². The Labute approximate surface area is 194 Å². The van der Waals surface area contributed by atoms with Crippen LogP contribution in [0.4, 0.5) is 5.13 Å². The summed E-state index contributed by atoms with van der Waals surface area (Å²) in [7, 11) is 1.61. The second-order valence-electron chi connectivity index (χ2n) is 7.84. The number of rotatable bonds is 6. The first-order chi connectivity index (χ1) is 16.1. The zero-order chi connectivity index (χ0) is 22.8. The fourth-order valence-electron chi connectivity index (χ4n) is 3.93. The molecule has 33 heavy (non-hydrogen) atoms. The molecule has 0 aliphatic carbocycles. The predicted octanol–water partition coefficient (Wildman–Crippen LogP) is 4.36. The molecule has 5 aromatic rings. The van der Waals surface area contributed by atoms with Gasteiger partial charge in [0.05, 0.1) is 27.7 Å². The van der Waals surface area contributed by atoms with Crippen LogP contribution in [0.15, 0.2) is 83.7 Å². The van der Waals surface area contributed by atoms with Crippen molar-refractivity contribution in [1.29, 1.82) is 0 Å². The summed E-state index contributed by atoms with van der Waals surface area (Å²) in [5.41, 5.74) is 2.44. The van der Waals surface area contributed by atoms with Gasteiger partial charge in [-0.2, -0.15) is 5.10 Å². The van der Waals surface area contributed by atoms with Crippen molar-refractivity contribution in [3.8, 4) is 0 Å². The molecule has 164 valence electrons. The molecule has 3 aromatic carbocycles. The largest absolute Gasteiger partial charge is 0.287 e. The van der Waals surface area contributed by atoms with E-state index in [-0.39, 0.29) is 17.9 Å². The number of thiazole rings is 1. The Morgan fingerprint density at radius 3 is 2.42 bits per heavy atom. The Kier molecular flexibility index (Phi) is 5.71. The third-order valence-electron chi connectivity index (χ3n) is 5.63. The number of nitrogens with zero attached hydrogens (tertiary/aromatic N) is 4. The zero-order valence-corrected chi connectivity index (χ0v) is 19.0. The van der Waals surface area contributed by atoms with E-state index in [1.54, 1.807) is 18.0 Å². The maximum atomic E-state index is 13.6. The molecule has 0 atom stereocenters. The number of carbonyl (C=O) groups is 1. The van der Waals surface area contributed by atoms with Gasteiger partial charge in [-0.15, -0.1) is 0 Å². The van der Waals surface area contributed by atoms with Gasteiger partial charge in [-0.3, -0.25) is 14.5 Å². The molecule has 2 aromatic heterocycles. The normalized spacial score (nSPS) is 11.2. The van der Waals surface area contributed by atoms with Gasteiger partial charge in [0.2, 0.25) is 5.91 Å². The molecule has 0 saturated carbocycles. The second-order valence-corrected chi connectivity index (χ2v) is 8.85. The first-order valence-electron chi connectivity index (χ1n) is 10.7. The van der Waals surface area contributed by atoms with Crippen molar-refractivity contribution in [3.63, 3.8) is 0 Å². The van der Waals surface area contributed by atoms with E-state index < -0.39 is 0 Å². The molecule has 7 heteroatoms. The van der Waals surface area contributed by atoms with E-state index in [0.717, 1.165) is 15.8 Å². The monoisotopic (exact) mass is 454 g/mol. The molecule has 0 aliphatic rings. The lowest BCUT2D eigenvalue weighted by Gasteiger charge is -2.20. The number of carbonyl (C=O) groups excluding carboxylic acids is 1. The molecule has 0 saturated heterocycles. The highest BCUT2D eigenvalue weighted by atomic mass is 32.1. The molecule has 0 bridgehead atoms. The summed E-state index contributed by atoms with van der Waals surface area (Å²) in [6.07, 6.45) is 0.795. The van der Waals surface area contributed by atoms with E-state index in [1.807, 2.05) is 60.7 Å². The van der Waals surface area contributed by atoms with E-state index >= 15 is 0 Å². The van der Waals surface area contributed by atoms with E-state index in [0.29, 0.717) is 34.6 Å². The van der Waals surface area contributed by atoms with E-state index in [2.05, 4.69) is 17.2 Å². The molecule has 0 radical (unpaired) electrons. The van der Waals surface area contributed by atoms with Gasteiger partial charge < -0.3 is 0 Å². The van der Waals surface area contributed by atoms with Crippen molar-refractivity contribution in [2.24, 2.45) is 7.05 Å². The maximum Gasteiger partial charge on any atom is 0.274 e. The first kappa shape index (κ1) is 21.0. The quantitative estimate of drug-likeness (QED) is 0.382. The van der Waals surface area contributed by atoms with E-state index in [9.17, 15) is 9.59 Å². The summed E-state index contributed by atoms with van der Waals surface area (Å²) in [4.78, 5) is 32.6. The average molecular weight is 455 g/mol. The molecular weight excluding hydrogens is 432 g/mol. The summed E-state index contributed by atoms with van der Waals surface area (Å²) in [5, 5.41) is 6.36. The minimum Gasteiger partial charge on any atom is -0.287 e. The SMILES string of the molecule is Cn1nc(CC(=O)N(CCc2ccccc2)c2nc3ccccc3s2)c2ccccc2c1=O. The molecule has 2 heterocycles. The zero-order valence-electron chi connectivity index (χ0n) is 18.1. The molecule has 6 nitrogen and oxygen atoms in total. The van der Waals surface area contributed by atoms with Gasteiger partial charge in [0.15, 0.2) is 5.13 Å². The van der Waals surface area contributed by atoms with Gasteiger partial charge in [-0.05, 0) is 30.2 Å². The molecule has 0 unspecified atom stereocenters. The summed E-state index contributed by atoms with van der Waals surface area (Å²) in [5.74, 6) is -0.0960. The number of para-hydroxylation sites is 1. The standard InChI is InChI=1S/C26H22N4O2S/c1-29-25(32)20-12-6-5-11-19(20)22(28-29)17-24(31)30(16-15-18-9-3-2-4-10-18)26-27-21-13-7-8-14-23(21)33-26/h2-14H,15-17H2,1H3. The summed E-state index contributed by atoms with van der Waals surface area (Å²) in [6, 6.07) is 25.3. The predicted molar refractivity (Wildman–Crippen MR) is 133 cm³/mol. The van der Waals surface area contributed by atoms with Crippen LogP contribution in [-0.2, 0) is 24.7 Å². The van der Waals surface area contributed by atoms with Crippen LogP contribution in [0.25, 0.3) is 21.0 Å². The van der Waals surface area contributed by atoms with Crippen molar-refractivity contribution in [2.75, 3.05) is 11.4 Å². The number of aryl methyl sites for hydroxylation is 1. The van der Waals surface area contributed by atoms with Crippen LogP contribution in [0.3, 0.4) is 0 Å². The molecule has 5 rings (SSSR count). The van der Waals surface area contributed by atoms with E-state index in [1.165, 1.54) is 16.0 Å². The summed E-state index contributed by atoms with van der Waals surface area (Å²) >= 11 is 1.51. The first-order valence-corrected chi connectivity index (χ1v) is 11.6. The van der Waals surface area contributed by atoms with Crippen LogP contribution >= 0.6 is 11.3 Å². The minimum atomic E-state index is -0.172. The maximum absolute atomic E-state index is 13.6. The Morgan fingerprint density at radius 1 is 0.939 bits per heavy atom. The lowest BCUT2D eigenvalue weighted by atomic mass is 10.1. The molecule has 0 spiro atoms. The highest BCUT2D eigenvalue weighted by Crippen LogP contribution is 2.29. The Balaban J connectivity index is 1.51. The number of benzene rings is 3. The highest BCUT2D eigenvalue weighted by Gasteiger charge is 2.22. The van der Waals surface area contributed by atoms with Gasteiger partial charge in [0.1, 0.15) is 0 Å². The van der Waals surface area contributed by atoms with Crippen molar-refractivity contribution in [3.05, 3.63) is 100 Å². The molecule has 0 N–H and O–H groups in total. The fraction of sp³-hybridized carbons (Fsp3) is 0.154. The Morgan fingerprint density at radius 2 is 1.64 bits per heavy atom. The third kappa shape index (κ3) is 4.27. The second kappa shape index (κ2) is 8.96. The number of amides is 1. The number of fused-ring (bicyclic) bond motifs is 2.